The van der Waals surface area contributed by atoms with Crippen molar-refractivity contribution >= 4 is 0 Å². The number of rotatable bonds is 2. The van der Waals surface area contributed by atoms with Gasteiger partial charge in [0.2, 0.25) is 0 Å². The summed E-state index contributed by atoms with van der Waals surface area (Å²) >= 11 is 0. The van der Waals surface area contributed by atoms with E-state index >= 15 is 0 Å². The molecular formula is C9H12N2O. The molecule has 0 aliphatic rings. The highest BCUT2D eigenvalue weighted by atomic mass is 16.1. The van der Waals surface area contributed by atoms with Crippen molar-refractivity contribution in [1.82, 2.24) is 9.97 Å². The van der Waals surface area contributed by atoms with E-state index in [9.17, 15) is 4.79 Å². The minimum Gasteiger partial charge on any atom is -0.323 e. The van der Waals surface area contributed by atoms with Gasteiger partial charge >= 0.3 is 0 Å². The normalized spacial score (nSPS) is 9.83. The van der Waals surface area contributed by atoms with Crippen molar-refractivity contribution in [3.63, 3.8) is 0 Å². The molecule has 0 aromatic carbocycles. The third-order valence-electron chi connectivity index (χ3n) is 1.75. The standard InChI is InChI=1S/C9H12N2O/c1-4-5-8-9(12)11-7(3)6(2)10-8/h4H,1,5H2,2-3H3,(H,11,12). The molecule has 3 nitrogen and oxygen atoms in total. The van der Waals surface area contributed by atoms with Crippen LogP contribution < -0.4 is 5.56 Å². The van der Waals surface area contributed by atoms with Crippen molar-refractivity contribution < 1.29 is 0 Å². The van der Waals surface area contributed by atoms with Gasteiger partial charge in [-0.3, -0.25) is 9.78 Å². The zero-order chi connectivity index (χ0) is 9.14. The average molecular weight is 164 g/mol. The topological polar surface area (TPSA) is 45.8 Å². The molecule has 0 saturated carbocycles. The van der Waals surface area contributed by atoms with E-state index in [-0.39, 0.29) is 5.56 Å². The Morgan fingerprint density at radius 3 is 2.83 bits per heavy atom. The second-order valence-corrected chi connectivity index (χ2v) is 2.72. The minimum absolute atomic E-state index is 0.113. The Morgan fingerprint density at radius 2 is 2.25 bits per heavy atom. The second kappa shape index (κ2) is 3.34. The number of aromatic amines is 1. The zero-order valence-electron chi connectivity index (χ0n) is 7.35. The molecule has 1 rings (SSSR count). The predicted octanol–water partition coefficient (Wildman–Crippen LogP) is 1.12. The fourth-order valence-electron chi connectivity index (χ4n) is 0.945. The van der Waals surface area contributed by atoms with E-state index in [1.807, 2.05) is 13.8 Å². The summed E-state index contributed by atoms with van der Waals surface area (Å²) in [5.74, 6) is 0. The SMILES string of the molecule is C=CCc1nc(C)c(C)[nH]c1=O. The van der Waals surface area contributed by atoms with Crippen LogP contribution in [0.4, 0.5) is 0 Å². The largest absolute Gasteiger partial charge is 0.323 e. The lowest BCUT2D eigenvalue weighted by molar-refractivity contribution is 0.936. The first-order valence-electron chi connectivity index (χ1n) is 3.82. The van der Waals surface area contributed by atoms with Crippen molar-refractivity contribution in [3.8, 4) is 0 Å². The van der Waals surface area contributed by atoms with Crippen LogP contribution in [-0.2, 0) is 6.42 Å². The molecule has 0 saturated heterocycles. The molecule has 0 unspecified atom stereocenters. The smallest absolute Gasteiger partial charge is 0.270 e. The number of hydrogen-bond acceptors (Lipinski definition) is 2. The zero-order valence-corrected chi connectivity index (χ0v) is 7.35. The number of hydrogen-bond donors (Lipinski definition) is 1. The first-order valence-corrected chi connectivity index (χ1v) is 3.82. The lowest BCUT2D eigenvalue weighted by Crippen LogP contribution is -2.17. The summed E-state index contributed by atoms with van der Waals surface area (Å²) < 4.78 is 0. The van der Waals surface area contributed by atoms with Crippen molar-refractivity contribution in [2.24, 2.45) is 0 Å². The van der Waals surface area contributed by atoms with Crippen LogP contribution in [0.25, 0.3) is 0 Å². The van der Waals surface area contributed by atoms with Gasteiger partial charge in [0.05, 0.1) is 5.69 Å². The van der Waals surface area contributed by atoms with E-state index < -0.39 is 0 Å². The van der Waals surface area contributed by atoms with E-state index in [1.165, 1.54) is 0 Å². The summed E-state index contributed by atoms with van der Waals surface area (Å²) in [5.41, 5.74) is 2.12. The van der Waals surface area contributed by atoms with Gasteiger partial charge in [0.25, 0.3) is 5.56 Å². The first kappa shape index (κ1) is 8.71. The Hall–Kier alpha value is -1.38. The predicted molar refractivity (Wildman–Crippen MR) is 48.2 cm³/mol. The lowest BCUT2D eigenvalue weighted by atomic mass is 10.3. The molecule has 12 heavy (non-hydrogen) atoms. The summed E-state index contributed by atoms with van der Waals surface area (Å²) in [6.07, 6.45) is 2.20. The van der Waals surface area contributed by atoms with Crippen LogP contribution in [0.3, 0.4) is 0 Å². The average Bonchev–Trinajstić information content (AvgIpc) is 2.01. The highest BCUT2D eigenvalue weighted by molar-refractivity contribution is 5.12. The summed E-state index contributed by atoms with van der Waals surface area (Å²) in [6, 6.07) is 0. The molecule has 0 bridgehead atoms. The number of aryl methyl sites for hydroxylation is 2. The van der Waals surface area contributed by atoms with E-state index in [1.54, 1.807) is 6.08 Å². The van der Waals surface area contributed by atoms with Crippen LogP contribution in [0, 0.1) is 13.8 Å². The Labute approximate surface area is 71.2 Å². The summed E-state index contributed by atoms with van der Waals surface area (Å²) in [4.78, 5) is 18.1. The van der Waals surface area contributed by atoms with E-state index in [0.29, 0.717) is 12.1 Å². The molecule has 0 amide bonds. The number of aromatic nitrogens is 2. The molecule has 64 valence electrons. The van der Waals surface area contributed by atoms with Gasteiger partial charge in [-0.05, 0) is 13.8 Å². The van der Waals surface area contributed by atoms with E-state index in [2.05, 4.69) is 16.5 Å². The fraction of sp³-hybridized carbons (Fsp3) is 0.333. The molecule has 1 heterocycles. The number of allylic oxidation sites excluding steroid dienone is 1. The molecule has 0 spiro atoms. The van der Waals surface area contributed by atoms with E-state index in [0.717, 1.165) is 11.4 Å². The number of nitrogens with zero attached hydrogens (tertiary/aromatic N) is 1. The molecular weight excluding hydrogens is 152 g/mol. The lowest BCUT2D eigenvalue weighted by Gasteiger charge is -2.00. The highest BCUT2D eigenvalue weighted by Crippen LogP contribution is 1.97. The van der Waals surface area contributed by atoms with Crippen molar-refractivity contribution in [2.75, 3.05) is 0 Å². The van der Waals surface area contributed by atoms with Crippen molar-refractivity contribution in [1.29, 1.82) is 0 Å². The van der Waals surface area contributed by atoms with Gasteiger partial charge in [-0.2, -0.15) is 0 Å². The summed E-state index contributed by atoms with van der Waals surface area (Å²) in [7, 11) is 0. The molecule has 0 aliphatic heterocycles. The third-order valence-corrected chi connectivity index (χ3v) is 1.75. The number of H-pyrrole nitrogens is 1. The van der Waals surface area contributed by atoms with Crippen molar-refractivity contribution in [3.05, 3.63) is 40.1 Å². The molecule has 1 aromatic heterocycles. The quantitative estimate of drug-likeness (QED) is 0.665. The molecule has 0 radical (unpaired) electrons. The molecule has 1 aromatic rings. The third kappa shape index (κ3) is 1.61. The monoisotopic (exact) mass is 164 g/mol. The van der Waals surface area contributed by atoms with Crippen LogP contribution in [0.2, 0.25) is 0 Å². The van der Waals surface area contributed by atoms with Crippen LogP contribution in [0.5, 0.6) is 0 Å². The van der Waals surface area contributed by atoms with Gasteiger partial charge in [-0.1, -0.05) is 6.08 Å². The molecule has 0 aliphatic carbocycles. The first-order chi connectivity index (χ1) is 5.65. The maximum absolute atomic E-state index is 11.2. The molecule has 3 heteroatoms. The van der Waals surface area contributed by atoms with Gasteiger partial charge in [0, 0.05) is 12.1 Å². The Morgan fingerprint density at radius 1 is 1.58 bits per heavy atom. The maximum atomic E-state index is 11.2. The fourth-order valence-corrected chi connectivity index (χ4v) is 0.945. The van der Waals surface area contributed by atoms with Gasteiger partial charge in [0.1, 0.15) is 5.69 Å². The minimum atomic E-state index is -0.113. The van der Waals surface area contributed by atoms with Crippen LogP contribution in [0.1, 0.15) is 17.1 Å². The Balaban J connectivity index is 3.23. The maximum Gasteiger partial charge on any atom is 0.270 e. The Kier molecular flexibility index (Phi) is 2.43. The Bertz CT molecular complexity index is 352. The summed E-state index contributed by atoms with van der Waals surface area (Å²) in [6.45, 7) is 7.26. The summed E-state index contributed by atoms with van der Waals surface area (Å²) in [5, 5.41) is 0. The van der Waals surface area contributed by atoms with E-state index in [4.69, 9.17) is 0 Å². The van der Waals surface area contributed by atoms with Gasteiger partial charge in [0.15, 0.2) is 0 Å². The highest BCUT2D eigenvalue weighted by Gasteiger charge is 2.01. The number of nitrogens with one attached hydrogen (secondary N) is 1. The van der Waals surface area contributed by atoms with Crippen LogP contribution in [0.15, 0.2) is 17.4 Å². The van der Waals surface area contributed by atoms with Gasteiger partial charge in [-0.25, -0.2) is 0 Å². The van der Waals surface area contributed by atoms with Crippen LogP contribution in [-0.4, -0.2) is 9.97 Å². The van der Waals surface area contributed by atoms with Gasteiger partial charge < -0.3 is 4.98 Å². The van der Waals surface area contributed by atoms with Crippen molar-refractivity contribution in [2.45, 2.75) is 20.3 Å². The molecule has 1 N–H and O–H groups in total. The van der Waals surface area contributed by atoms with Gasteiger partial charge in [-0.15, -0.1) is 6.58 Å². The molecule has 0 atom stereocenters. The van der Waals surface area contributed by atoms with Crippen LogP contribution >= 0.6 is 0 Å². The second-order valence-electron chi connectivity index (χ2n) is 2.72. The molecule has 0 fully saturated rings.